The third-order valence-electron chi connectivity index (χ3n) is 2.69. The van der Waals surface area contributed by atoms with Gasteiger partial charge >= 0.3 is 6.18 Å². The van der Waals surface area contributed by atoms with Gasteiger partial charge in [0.05, 0.1) is 0 Å². The van der Waals surface area contributed by atoms with E-state index in [1.807, 2.05) is 12.1 Å². The van der Waals surface area contributed by atoms with Crippen LogP contribution in [0.2, 0.25) is 0 Å². The minimum absolute atomic E-state index is 0.418. The van der Waals surface area contributed by atoms with Crippen molar-refractivity contribution in [2.45, 2.75) is 19.1 Å². The molecular formula is C12H12BrF3N2. The molecule has 0 saturated carbocycles. The molecule has 0 spiro atoms. The van der Waals surface area contributed by atoms with Crippen LogP contribution < -0.4 is 5.73 Å². The fraction of sp³-hybridized carbons (Fsp3) is 0.333. The van der Waals surface area contributed by atoms with E-state index in [2.05, 4.69) is 15.9 Å². The molecule has 0 saturated heterocycles. The average molecular weight is 321 g/mol. The first kappa shape index (κ1) is 13.4. The van der Waals surface area contributed by atoms with Crippen molar-refractivity contribution in [3.05, 3.63) is 34.4 Å². The first-order chi connectivity index (χ1) is 8.40. The van der Waals surface area contributed by atoms with Gasteiger partial charge in [-0.2, -0.15) is 13.2 Å². The van der Waals surface area contributed by atoms with Crippen LogP contribution in [0.25, 0.3) is 10.9 Å². The summed E-state index contributed by atoms with van der Waals surface area (Å²) < 4.78 is 39.5. The fourth-order valence-corrected chi connectivity index (χ4v) is 2.37. The Morgan fingerprint density at radius 2 is 2.00 bits per heavy atom. The van der Waals surface area contributed by atoms with Crippen molar-refractivity contribution in [2.75, 3.05) is 6.54 Å². The highest BCUT2D eigenvalue weighted by Crippen LogP contribution is 2.28. The SMILES string of the molecule is NCCc1cn(CC(F)(F)F)c2cc(Br)ccc12. The van der Waals surface area contributed by atoms with Gasteiger partial charge in [-0.1, -0.05) is 22.0 Å². The zero-order chi connectivity index (χ0) is 13.3. The zero-order valence-corrected chi connectivity index (χ0v) is 11.1. The maximum Gasteiger partial charge on any atom is 0.406 e. The highest BCUT2D eigenvalue weighted by atomic mass is 79.9. The van der Waals surface area contributed by atoms with Gasteiger partial charge in [-0.15, -0.1) is 0 Å². The molecule has 98 valence electrons. The van der Waals surface area contributed by atoms with E-state index < -0.39 is 12.7 Å². The van der Waals surface area contributed by atoms with Crippen molar-refractivity contribution >= 4 is 26.8 Å². The molecule has 2 aromatic rings. The molecule has 0 aliphatic rings. The van der Waals surface area contributed by atoms with E-state index in [4.69, 9.17) is 5.73 Å². The second-order valence-corrected chi connectivity index (χ2v) is 5.01. The summed E-state index contributed by atoms with van der Waals surface area (Å²) in [5, 5.41) is 0.827. The topological polar surface area (TPSA) is 30.9 Å². The van der Waals surface area contributed by atoms with Crippen molar-refractivity contribution in [3.8, 4) is 0 Å². The number of alkyl halides is 3. The summed E-state index contributed by atoms with van der Waals surface area (Å²) in [6.07, 6.45) is -2.12. The van der Waals surface area contributed by atoms with Crippen LogP contribution in [0.15, 0.2) is 28.9 Å². The fourth-order valence-electron chi connectivity index (χ4n) is 2.02. The third-order valence-corrected chi connectivity index (χ3v) is 3.18. The van der Waals surface area contributed by atoms with Crippen molar-refractivity contribution in [3.63, 3.8) is 0 Å². The summed E-state index contributed by atoms with van der Waals surface area (Å²) in [5.41, 5.74) is 6.90. The van der Waals surface area contributed by atoms with E-state index in [-0.39, 0.29) is 0 Å². The van der Waals surface area contributed by atoms with Crippen molar-refractivity contribution < 1.29 is 13.2 Å². The molecule has 0 aliphatic carbocycles. The number of hydrogen-bond donors (Lipinski definition) is 1. The van der Waals surface area contributed by atoms with Gasteiger partial charge in [0, 0.05) is 21.6 Å². The Hall–Kier alpha value is -1.01. The standard InChI is InChI=1S/C12H12BrF3N2/c13-9-1-2-10-8(3-4-17)6-18(11(10)5-9)7-12(14,15)16/h1-2,5-6H,3-4,7,17H2. The molecule has 2 rings (SSSR count). The number of benzene rings is 1. The Morgan fingerprint density at radius 1 is 1.28 bits per heavy atom. The number of rotatable bonds is 3. The second-order valence-electron chi connectivity index (χ2n) is 4.10. The molecule has 0 amide bonds. The molecule has 2 nitrogen and oxygen atoms in total. The van der Waals surface area contributed by atoms with E-state index >= 15 is 0 Å². The van der Waals surface area contributed by atoms with Crippen LogP contribution in [0.3, 0.4) is 0 Å². The molecule has 1 aromatic carbocycles. The maximum atomic E-state index is 12.5. The lowest BCUT2D eigenvalue weighted by molar-refractivity contribution is -0.139. The Labute approximate surface area is 111 Å². The van der Waals surface area contributed by atoms with E-state index in [0.717, 1.165) is 15.4 Å². The minimum atomic E-state index is -4.23. The van der Waals surface area contributed by atoms with Crippen molar-refractivity contribution in [1.82, 2.24) is 4.57 Å². The van der Waals surface area contributed by atoms with Crippen molar-refractivity contribution in [1.29, 1.82) is 0 Å². The lowest BCUT2D eigenvalue weighted by Crippen LogP contribution is -2.16. The first-order valence-corrected chi connectivity index (χ1v) is 6.24. The molecule has 0 fully saturated rings. The van der Waals surface area contributed by atoms with Gasteiger partial charge in [-0.05, 0) is 30.7 Å². The summed E-state index contributed by atoms with van der Waals surface area (Å²) in [4.78, 5) is 0. The lowest BCUT2D eigenvalue weighted by Gasteiger charge is -2.08. The molecule has 0 atom stereocenters. The van der Waals surface area contributed by atoms with Crippen LogP contribution in [0.5, 0.6) is 0 Å². The van der Waals surface area contributed by atoms with E-state index in [1.165, 1.54) is 10.8 Å². The molecule has 0 unspecified atom stereocenters. The molecule has 0 aliphatic heterocycles. The molecule has 0 bridgehead atoms. The number of hydrogen-bond acceptors (Lipinski definition) is 1. The predicted molar refractivity (Wildman–Crippen MR) is 68.5 cm³/mol. The highest BCUT2D eigenvalue weighted by Gasteiger charge is 2.28. The van der Waals surface area contributed by atoms with Crippen LogP contribution in [-0.2, 0) is 13.0 Å². The molecule has 18 heavy (non-hydrogen) atoms. The number of aromatic nitrogens is 1. The van der Waals surface area contributed by atoms with Gasteiger partial charge in [-0.25, -0.2) is 0 Å². The lowest BCUT2D eigenvalue weighted by atomic mass is 10.1. The first-order valence-electron chi connectivity index (χ1n) is 5.45. The Bertz CT molecular complexity index is 560. The minimum Gasteiger partial charge on any atom is -0.338 e. The van der Waals surface area contributed by atoms with Gasteiger partial charge in [0.25, 0.3) is 0 Å². The smallest absolute Gasteiger partial charge is 0.338 e. The third kappa shape index (κ3) is 2.87. The van der Waals surface area contributed by atoms with Crippen LogP contribution in [-0.4, -0.2) is 17.3 Å². The Morgan fingerprint density at radius 3 is 2.61 bits per heavy atom. The van der Waals surface area contributed by atoms with Gasteiger partial charge in [0.2, 0.25) is 0 Å². The molecular weight excluding hydrogens is 309 g/mol. The van der Waals surface area contributed by atoms with Crippen LogP contribution in [0.1, 0.15) is 5.56 Å². The molecule has 1 heterocycles. The second kappa shape index (κ2) is 4.93. The summed E-state index contributed by atoms with van der Waals surface area (Å²) in [6.45, 7) is -0.564. The summed E-state index contributed by atoms with van der Waals surface area (Å²) in [6, 6.07) is 5.33. The Kier molecular flexibility index (Phi) is 3.68. The van der Waals surface area contributed by atoms with Gasteiger partial charge in [0.15, 0.2) is 0 Å². The summed E-state index contributed by atoms with van der Waals surface area (Å²) >= 11 is 3.28. The zero-order valence-electron chi connectivity index (χ0n) is 9.47. The monoisotopic (exact) mass is 320 g/mol. The largest absolute Gasteiger partial charge is 0.406 e. The predicted octanol–water partition coefficient (Wildman–Crippen LogP) is 3.47. The van der Waals surface area contributed by atoms with E-state index in [9.17, 15) is 13.2 Å². The molecule has 6 heteroatoms. The number of fused-ring (bicyclic) bond motifs is 1. The van der Waals surface area contributed by atoms with Gasteiger partial charge in [0.1, 0.15) is 6.54 Å². The summed E-state index contributed by atoms with van der Waals surface area (Å²) in [7, 11) is 0. The van der Waals surface area contributed by atoms with Gasteiger partial charge in [-0.3, -0.25) is 0 Å². The number of halogens is 4. The van der Waals surface area contributed by atoms with Crippen molar-refractivity contribution in [2.24, 2.45) is 5.73 Å². The van der Waals surface area contributed by atoms with Crippen LogP contribution in [0.4, 0.5) is 13.2 Å². The number of nitrogens with two attached hydrogens (primary N) is 1. The van der Waals surface area contributed by atoms with E-state index in [1.54, 1.807) is 6.07 Å². The quantitative estimate of drug-likeness (QED) is 0.922. The normalized spacial score (nSPS) is 12.3. The maximum absolute atomic E-state index is 12.5. The van der Waals surface area contributed by atoms with E-state index in [0.29, 0.717) is 18.5 Å². The van der Waals surface area contributed by atoms with Gasteiger partial charge < -0.3 is 10.3 Å². The highest BCUT2D eigenvalue weighted by molar-refractivity contribution is 9.10. The molecule has 1 aromatic heterocycles. The number of nitrogens with zero attached hydrogens (tertiary/aromatic N) is 1. The van der Waals surface area contributed by atoms with Crippen LogP contribution in [0, 0.1) is 0 Å². The molecule has 2 N–H and O–H groups in total. The Balaban J connectivity index is 2.54. The summed E-state index contributed by atoms with van der Waals surface area (Å²) in [5.74, 6) is 0. The van der Waals surface area contributed by atoms with Crippen LogP contribution >= 0.6 is 15.9 Å². The average Bonchev–Trinajstić information content (AvgIpc) is 2.55. The molecule has 0 radical (unpaired) electrons.